The molecule has 2 rings (SSSR count). The molecule has 2 amide bonds. The second-order valence-corrected chi connectivity index (χ2v) is 8.20. The van der Waals surface area contributed by atoms with Gasteiger partial charge in [-0.05, 0) is 44.1 Å². The van der Waals surface area contributed by atoms with Gasteiger partial charge in [-0.2, -0.15) is 0 Å². The third kappa shape index (κ3) is 4.97. The molecule has 26 heavy (non-hydrogen) atoms. The molecule has 0 bridgehead atoms. The Hall–Kier alpha value is -2.08. The van der Waals surface area contributed by atoms with E-state index in [2.05, 4.69) is 24.1 Å². The van der Waals surface area contributed by atoms with Crippen LogP contribution in [0.4, 0.5) is 5.69 Å². The van der Waals surface area contributed by atoms with Gasteiger partial charge in [0.25, 0.3) is 0 Å². The van der Waals surface area contributed by atoms with E-state index in [0.717, 1.165) is 17.8 Å². The first kappa shape index (κ1) is 20.2. The topological polar surface area (TPSA) is 61.9 Å². The van der Waals surface area contributed by atoms with Crippen LogP contribution in [-0.4, -0.2) is 57.6 Å². The van der Waals surface area contributed by atoms with Gasteiger partial charge < -0.3 is 19.9 Å². The largest absolute Gasteiger partial charge is 0.495 e. The Labute approximate surface area is 156 Å². The number of nitrogens with one attached hydrogen (secondary N) is 1. The van der Waals surface area contributed by atoms with Gasteiger partial charge in [-0.1, -0.05) is 19.9 Å². The highest BCUT2D eigenvalue weighted by molar-refractivity contribution is 6.01. The fourth-order valence-corrected chi connectivity index (χ4v) is 3.51. The molecule has 0 saturated carbocycles. The first-order valence-electron chi connectivity index (χ1n) is 9.00. The van der Waals surface area contributed by atoms with Crippen molar-refractivity contribution in [2.24, 2.45) is 11.3 Å². The molecule has 1 heterocycles. The normalized spacial score (nSPS) is 17.7. The summed E-state index contributed by atoms with van der Waals surface area (Å²) in [5.41, 5.74) is 1.76. The average molecular weight is 361 g/mol. The third-order valence-electron chi connectivity index (χ3n) is 4.61. The summed E-state index contributed by atoms with van der Waals surface area (Å²) < 4.78 is 5.39. The zero-order chi connectivity index (χ0) is 19.5. The van der Waals surface area contributed by atoms with Gasteiger partial charge >= 0.3 is 0 Å². The van der Waals surface area contributed by atoms with Crippen molar-refractivity contribution in [2.45, 2.75) is 27.2 Å². The van der Waals surface area contributed by atoms with Crippen molar-refractivity contribution in [3.05, 3.63) is 23.8 Å². The number of hydrogen-bond donors (Lipinski definition) is 1. The van der Waals surface area contributed by atoms with Crippen molar-refractivity contribution in [1.82, 2.24) is 10.2 Å². The van der Waals surface area contributed by atoms with E-state index in [1.54, 1.807) is 12.0 Å². The lowest BCUT2D eigenvalue weighted by molar-refractivity contribution is -0.126. The quantitative estimate of drug-likeness (QED) is 0.808. The Morgan fingerprint density at radius 2 is 2.08 bits per heavy atom. The van der Waals surface area contributed by atoms with Crippen molar-refractivity contribution in [2.75, 3.05) is 45.7 Å². The predicted octanol–water partition coefficient (Wildman–Crippen LogP) is 2.06. The van der Waals surface area contributed by atoms with Crippen LogP contribution in [0.5, 0.6) is 5.75 Å². The van der Waals surface area contributed by atoms with Gasteiger partial charge in [0, 0.05) is 26.1 Å². The van der Waals surface area contributed by atoms with Crippen LogP contribution in [-0.2, 0) is 9.59 Å². The van der Waals surface area contributed by atoms with E-state index in [1.807, 2.05) is 39.2 Å². The molecule has 1 unspecified atom stereocenters. The van der Waals surface area contributed by atoms with Crippen LogP contribution in [0.15, 0.2) is 18.2 Å². The van der Waals surface area contributed by atoms with Crippen LogP contribution >= 0.6 is 0 Å². The summed E-state index contributed by atoms with van der Waals surface area (Å²) >= 11 is 0. The summed E-state index contributed by atoms with van der Waals surface area (Å²) in [6.07, 6.45) is 0.233. The first-order valence-corrected chi connectivity index (χ1v) is 9.00. The van der Waals surface area contributed by atoms with Gasteiger partial charge in [-0.3, -0.25) is 9.59 Å². The molecule has 0 aliphatic carbocycles. The molecule has 6 heteroatoms. The van der Waals surface area contributed by atoms with E-state index < -0.39 is 0 Å². The van der Waals surface area contributed by atoms with Crippen LogP contribution in [0.1, 0.15) is 25.8 Å². The van der Waals surface area contributed by atoms with Gasteiger partial charge in [0.05, 0.1) is 18.7 Å². The Morgan fingerprint density at radius 3 is 2.69 bits per heavy atom. The standard InChI is InChI=1S/C20H31N3O3/c1-14-7-8-17(26-6)16(9-14)23-11-15(10-18(23)24)19(25)21-12-20(2,3)13-22(4)5/h7-9,15H,10-13H2,1-6H3,(H,21,25). The Balaban J connectivity index is 2.03. The van der Waals surface area contributed by atoms with Gasteiger partial charge in [0.2, 0.25) is 11.8 Å². The van der Waals surface area contributed by atoms with Crippen LogP contribution in [0.3, 0.4) is 0 Å². The Morgan fingerprint density at radius 1 is 1.38 bits per heavy atom. The molecule has 1 fully saturated rings. The van der Waals surface area contributed by atoms with Crippen LogP contribution in [0, 0.1) is 18.3 Å². The van der Waals surface area contributed by atoms with Gasteiger partial charge in [-0.25, -0.2) is 0 Å². The number of benzene rings is 1. The molecule has 1 aromatic carbocycles. The molecule has 0 aromatic heterocycles. The second kappa shape index (κ2) is 8.08. The molecule has 0 spiro atoms. The highest BCUT2D eigenvalue weighted by atomic mass is 16.5. The van der Waals surface area contributed by atoms with Crippen LogP contribution in [0.2, 0.25) is 0 Å². The van der Waals surface area contributed by atoms with Gasteiger partial charge in [0.15, 0.2) is 0 Å². The van der Waals surface area contributed by atoms with E-state index >= 15 is 0 Å². The average Bonchev–Trinajstić information content (AvgIpc) is 2.93. The smallest absolute Gasteiger partial charge is 0.227 e. The van der Waals surface area contributed by atoms with E-state index in [9.17, 15) is 9.59 Å². The monoisotopic (exact) mass is 361 g/mol. The molecule has 1 aromatic rings. The number of amides is 2. The fourth-order valence-electron chi connectivity index (χ4n) is 3.51. The van der Waals surface area contributed by atoms with Crippen molar-refractivity contribution >= 4 is 17.5 Å². The van der Waals surface area contributed by atoms with Crippen molar-refractivity contribution in [3.8, 4) is 5.75 Å². The molecule has 1 aliphatic heterocycles. The van der Waals surface area contributed by atoms with Gasteiger partial charge in [-0.15, -0.1) is 0 Å². The molecule has 1 aliphatic rings. The molecule has 1 atom stereocenters. The van der Waals surface area contributed by atoms with E-state index in [4.69, 9.17) is 4.74 Å². The maximum absolute atomic E-state index is 12.6. The zero-order valence-corrected chi connectivity index (χ0v) is 16.8. The van der Waals surface area contributed by atoms with Crippen molar-refractivity contribution in [3.63, 3.8) is 0 Å². The summed E-state index contributed by atoms with van der Waals surface area (Å²) in [7, 11) is 5.63. The molecule has 6 nitrogen and oxygen atoms in total. The molecule has 144 valence electrons. The number of rotatable bonds is 7. The van der Waals surface area contributed by atoms with Gasteiger partial charge in [0.1, 0.15) is 5.75 Å². The zero-order valence-electron chi connectivity index (χ0n) is 16.8. The summed E-state index contributed by atoms with van der Waals surface area (Å²) in [6, 6.07) is 5.73. The number of hydrogen-bond acceptors (Lipinski definition) is 4. The van der Waals surface area contributed by atoms with Crippen molar-refractivity contribution < 1.29 is 14.3 Å². The summed E-state index contributed by atoms with van der Waals surface area (Å²) in [5.74, 6) is 0.223. The summed E-state index contributed by atoms with van der Waals surface area (Å²) in [4.78, 5) is 28.9. The van der Waals surface area contributed by atoms with E-state index in [0.29, 0.717) is 18.8 Å². The van der Waals surface area contributed by atoms with Crippen LogP contribution < -0.4 is 15.0 Å². The number of aryl methyl sites for hydroxylation is 1. The van der Waals surface area contributed by atoms with E-state index in [1.165, 1.54) is 0 Å². The third-order valence-corrected chi connectivity index (χ3v) is 4.61. The minimum atomic E-state index is -0.331. The Kier molecular flexibility index (Phi) is 6.29. The maximum atomic E-state index is 12.6. The second-order valence-electron chi connectivity index (χ2n) is 8.20. The lowest BCUT2D eigenvalue weighted by Crippen LogP contribution is -2.42. The molecular formula is C20H31N3O3. The minimum Gasteiger partial charge on any atom is -0.495 e. The highest BCUT2D eigenvalue weighted by Crippen LogP contribution is 2.34. The molecular weight excluding hydrogens is 330 g/mol. The Bertz CT molecular complexity index is 670. The maximum Gasteiger partial charge on any atom is 0.227 e. The van der Waals surface area contributed by atoms with Crippen molar-refractivity contribution in [1.29, 1.82) is 0 Å². The number of methoxy groups -OCH3 is 1. The van der Waals surface area contributed by atoms with E-state index in [-0.39, 0.29) is 29.6 Å². The number of ether oxygens (including phenoxy) is 1. The highest BCUT2D eigenvalue weighted by Gasteiger charge is 2.36. The first-order chi connectivity index (χ1) is 12.1. The number of anilines is 1. The lowest BCUT2D eigenvalue weighted by Gasteiger charge is -2.29. The lowest BCUT2D eigenvalue weighted by atomic mass is 9.92. The summed E-state index contributed by atoms with van der Waals surface area (Å²) in [6.45, 7) is 8.07. The number of nitrogens with zero attached hydrogens (tertiary/aromatic N) is 2. The predicted molar refractivity (Wildman–Crippen MR) is 104 cm³/mol. The summed E-state index contributed by atoms with van der Waals surface area (Å²) in [5, 5.41) is 3.03. The molecule has 1 N–H and O–H groups in total. The molecule has 0 radical (unpaired) electrons. The SMILES string of the molecule is COc1ccc(C)cc1N1CC(C(=O)NCC(C)(C)CN(C)C)CC1=O. The number of carbonyl (C=O) groups excluding carboxylic acids is 2. The molecule has 1 saturated heterocycles. The minimum absolute atomic E-state index is 0.0266. The number of carbonyl (C=O) groups is 2. The fraction of sp³-hybridized carbons (Fsp3) is 0.600. The van der Waals surface area contributed by atoms with Crippen LogP contribution in [0.25, 0.3) is 0 Å².